The van der Waals surface area contributed by atoms with E-state index >= 15 is 0 Å². The third kappa shape index (κ3) is 5.26. The first kappa shape index (κ1) is 18.3. The third-order valence-electron chi connectivity index (χ3n) is 4.01. The van der Waals surface area contributed by atoms with Gasteiger partial charge in [-0.1, -0.05) is 0 Å². The quantitative estimate of drug-likeness (QED) is 0.463. The number of guanidine groups is 1. The molecule has 0 radical (unpaired) electrons. The fraction of sp³-hybridized carbons (Fsp3) is 0.647. The van der Waals surface area contributed by atoms with E-state index in [9.17, 15) is 4.79 Å². The minimum Gasteiger partial charge on any atom is -0.459 e. The molecule has 0 aliphatic carbocycles. The maximum Gasteiger partial charge on any atom is 0.289 e. The molecule has 0 unspecified atom stereocenters. The van der Waals surface area contributed by atoms with E-state index in [0.717, 1.165) is 51.6 Å². The third-order valence-corrected chi connectivity index (χ3v) is 4.01. The highest BCUT2D eigenvalue weighted by molar-refractivity contribution is 5.91. The van der Waals surface area contributed by atoms with Crippen molar-refractivity contribution in [1.82, 2.24) is 15.1 Å². The molecule has 1 saturated heterocycles. The van der Waals surface area contributed by atoms with E-state index in [1.54, 1.807) is 19.2 Å². The van der Waals surface area contributed by atoms with Gasteiger partial charge in [0.1, 0.15) is 0 Å². The molecule has 2 heterocycles. The fourth-order valence-corrected chi connectivity index (χ4v) is 2.68. The number of unbranched alkanes of at least 4 members (excludes halogenated alkanes) is 1. The Morgan fingerprint density at radius 1 is 1.29 bits per heavy atom. The first-order chi connectivity index (χ1) is 11.8. The van der Waals surface area contributed by atoms with E-state index in [1.807, 2.05) is 11.8 Å². The van der Waals surface area contributed by atoms with Crippen molar-refractivity contribution >= 4 is 11.9 Å². The lowest BCUT2D eigenvalue weighted by atomic mass is 10.3. The normalized spacial score (nSPS) is 15.7. The van der Waals surface area contributed by atoms with Crippen LogP contribution in [0.1, 0.15) is 30.3 Å². The molecule has 1 aliphatic heterocycles. The van der Waals surface area contributed by atoms with Gasteiger partial charge in [-0.15, -0.1) is 0 Å². The predicted molar refractivity (Wildman–Crippen MR) is 93.3 cm³/mol. The monoisotopic (exact) mass is 336 g/mol. The number of nitrogens with zero attached hydrogens (tertiary/aromatic N) is 3. The smallest absolute Gasteiger partial charge is 0.289 e. The van der Waals surface area contributed by atoms with Crippen LogP contribution in [0.25, 0.3) is 0 Å². The molecule has 0 saturated carbocycles. The lowest BCUT2D eigenvalue weighted by Gasteiger charge is -2.36. The van der Waals surface area contributed by atoms with E-state index in [-0.39, 0.29) is 5.91 Å². The van der Waals surface area contributed by atoms with Gasteiger partial charge in [0, 0.05) is 53.0 Å². The maximum atomic E-state index is 12.3. The first-order valence-electron chi connectivity index (χ1n) is 8.62. The lowest BCUT2D eigenvalue weighted by molar-refractivity contribution is 0.0657. The highest BCUT2D eigenvalue weighted by Crippen LogP contribution is 2.09. The average Bonchev–Trinajstić information content (AvgIpc) is 3.15. The van der Waals surface area contributed by atoms with E-state index in [0.29, 0.717) is 18.8 Å². The Morgan fingerprint density at radius 3 is 2.67 bits per heavy atom. The minimum atomic E-state index is -0.0430. The summed E-state index contributed by atoms with van der Waals surface area (Å²) in [5.41, 5.74) is 0. The van der Waals surface area contributed by atoms with E-state index in [2.05, 4.69) is 15.2 Å². The van der Waals surface area contributed by atoms with Crippen molar-refractivity contribution in [3.8, 4) is 0 Å². The summed E-state index contributed by atoms with van der Waals surface area (Å²) in [4.78, 5) is 20.6. The SMILES string of the molecule is CCOCCCCNC(=NC)N1CCN(C(=O)c2ccco2)CC1. The Balaban J connectivity index is 1.71. The molecule has 1 amide bonds. The standard InChI is InChI=1S/C17H28N4O3/c1-3-23-13-5-4-8-19-17(18-2)21-11-9-20(10-12-21)16(22)15-7-6-14-24-15/h6-7,14H,3-5,8-13H2,1-2H3,(H,18,19). The highest BCUT2D eigenvalue weighted by atomic mass is 16.5. The number of hydrogen-bond donors (Lipinski definition) is 1. The molecule has 1 aromatic heterocycles. The Kier molecular flexibility index (Phi) is 7.61. The maximum absolute atomic E-state index is 12.3. The molecule has 134 valence electrons. The lowest BCUT2D eigenvalue weighted by Crippen LogP contribution is -2.53. The van der Waals surface area contributed by atoms with Gasteiger partial charge >= 0.3 is 0 Å². The number of carbonyl (C=O) groups is 1. The van der Waals surface area contributed by atoms with Crippen LogP contribution in [0.2, 0.25) is 0 Å². The molecular weight excluding hydrogens is 308 g/mol. The number of piperazine rings is 1. The second-order valence-corrected chi connectivity index (χ2v) is 5.63. The molecule has 7 heteroatoms. The number of carbonyl (C=O) groups excluding carboxylic acids is 1. The molecule has 0 atom stereocenters. The van der Waals surface area contributed by atoms with Gasteiger partial charge in [-0.2, -0.15) is 0 Å². The van der Waals surface area contributed by atoms with Gasteiger partial charge in [-0.3, -0.25) is 9.79 Å². The second kappa shape index (κ2) is 9.97. The summed E-state index contributed by atoms with van der Waals surface area (Å²) in [7, 11) is 1.79. The van der Waals surface area contributed by atoms with Crippen LogP contribution in [-0.2, 0) is 4.74 Å². The molecule has 7 nitrogen and oxygen atoms in total. The van der Waals surface area contributed by atoms with Crippen molar-refractivity contribution in [2.45, 2.75) is 19.8 Å². The second-order valence-electron chi connectivity index (χ2n) is 5.63. The number of furan rings is 1. The number of aliphatic imine (C=N–C) groups is 1. The van der Waals surface area contributed by atoms with Crippen molar-refractivity contribution in [3.63, 3.8) is 0 Å². The van der Waals surface area contributed by atoms with Gasteiger partial charge in [-0.05, 0) is 31.9 Å². The van der Waals surface area contributed by atoms with Crippen LogP contribution < -0.4 is 5.32 Å². The van der Waals surface area contributed by atoms with Gasteiger partial charge in [0.25, 0.3) is 5.91 Å². The van der Waals surface area contributed by atoms with Crippen LogP contribution in [0, 0.1) is 0 Å². The van der Waals surface area contributed by atoms with Gasteiger partial charge in [0.15, 0.2) is 11.7 Å². The van der Waals surface area contributed by atoms with E-state index < -0.39 is 0 Å². The molecular formula is C17H28N4O3. The Bertz CT molecular complexity index is 508. The van der Waals surface area contributed by atoms with Crippen LogP contribution >= 0.6 is 0 Å². The summed E-state index contributed by atoms with van der Waals surface area (Å²) in [6.07, 6.45) is 3.63. The van der Waals surface area contributed by atoms with Crippen LogP contribution in [0.15, 0.2) is 27.8 Å². The van der Waals surface area contributed by atoms with Crippen molar-refractivity contribution in [2.24, 2.45) is 4.99 Å². The van der Waals surface area contributed by atoms with Gasteiger partial charge in [-0.25, -0.2) is 0 Å². The largest absolute Gasteiger partial charge is 0.459 e. The molecule has 1 fully saturated rings. The zero-order valence-electron chi connectivity index (χ0n) is 14.7. The van der Waals surface area contributed by atoms with Crippen LogP contribution in [0.5, 0.6) is 0 Å². The van der Waals surface area contributed by atoms with Crippen LogP contribution in [-0.4, -0.2) is 74.7 Å². The Morgan fingerprint density at radius 2 is 2.04 bits per heavy atom. The molecule has 1 N–H and O–H groups in total. The van der Waals surface area contributed by atoms with E-state index in [4.69, 9.17) is 9.15 Å². The number of ether oxygens (including phenoxy) is 1. The van der Waals surface area contributed by atoms with Gasteiger partial charge in [0.05, 0.1) is 6.26 Å². The molecule has 1 aromatic rings. The number of amides is 1. The summed E-state index contributed by atoms with van der Waals surface area (Å²) in [6, 6.07) is 3.44. The van der Waals surface area contributed by atoms with Crippen molar-refractivity contribution in [3.05, 3.63) is 24.2 Å². The molecule has 0 bridgehead atoms. The molecule has 0 spiro atoms. The summed E-state index contributed by atoms with van der Waals surface area (Å²) in [6.45, 7) is 7.35. The zero-order chi connectivity index (χ0) is 17.2. The number of rotatable bonds is 7. The number of nitrogens with one attached hydrogen (secondary N) is 1. The fourth-order valence-electron chi connectivity index (χ4n) is 2.68. The zero-order valence-corrected chi connectivity index (χ0v) is 14.7. The highest BCUT2D eigenvalue weighted by Gasteiger charge is 2.24. The van der Waals surface area contributed by atoms with Crippen LogP contribution in [0.3, 0.4) is 0 Å². The van der Waals surface area contributed by atoms with Gasteiger partial charge in [0.2, 0.25) is 0 Å². The van der Waals surface area contributed by atoms with Crippen molar-refractivity contribution in [2.75, 3.05) is 53.0 Å². The predicted octanol–water partition coefficient (Wildman–Crippen LogP) is 1.43. The van der Waals surface area contributed by atoms with E-state index in [1.165, 1.54) is 6.26 Å². The average molecular weight is 336 g/mol. The Hall–Kier alpha value is -2.02. The Labute approximate surface area is 143 Å². The molecule has 0 aromatic carbocycles. The topological polar surface area (TPSA) is 70.3 Å². The van der Waals surface area contributed by atoms with Crippen LogP contribution in [0.4, 0.5) is 0 Å². The minimum absolute atomic E-state index is 0.0430. The van der Waals surface area contributed by atoms with Gasteiger partial charge < -0.3 is 24.3 Å². The summed E-state index contributed by atoms with van der Waals surface area (Å²) < 4.78 is 10.5. The number of hydrogen-bond acceptors (Lipinski definition) is 4. The summed E-state index contributed by atoms with van der Waals surface area (Å²) in [5, 5.41) is 3.39. The molecule has 2 rings (SSSR count). The summed E-state index contributed by atoms with van der Waals surface area (Å²) in [5.74, 6) is 1.26. The van der Waals surface area contributed by atoms with Crippen molar-refractivity contribution in [1.29, 1.82) is 0 Å². The first-order valence-corrected chi connectivity index (χ1v) is 8.62. The summed E-state index contributed by atoms with van der Waals surface area (Å²) >= 11 is 0. The molecule has 24 heavy (non-hydrogen) atoms. The van der Waals surface area contributed by atoms with Crippen molar-refractivity contribution < 1.29 is 13.9 Å². The molecule has 1 aliphatic rings.